The molecule has 2 N–H and O–H groups in total. The minimum Gasteiger partial charge on any atom is -0.478 e. The summed E-state index contributed by atoms with van der Waals surface area (Å²) in [6.07, 6.45) is 0. The van der Waals surface area contributed by atoms with Crippen LogP contribution in [-0.2, 0) is 0 Å². The smallest absolute Gasteiger partial charge is 0.335 e. The Bertz CT molecular complexity index is 731. The van der Waals surface area contributed by atoms with Gasteiger partial charge in [-0.15, -0.1) is 0 Å². The van der Waals surface area contributed by atoms with Crippen molar-refractivity contribution in [2.24, 2.45) is 0 Å². The van der Waals surface area contributed by atoms with E-state index in [9.17, 15) is 9.59 Å². The fraction of sp³-hybridized carbons (Fsp3) is 0.0667. The SMILES string of the molecule is Cc1cc(C(=O)Nc2cc(C(=O)O)ccc2Cl)ccc1Br. The van der Waals surface area contributed by atoms with Crippen molar-refractivity contribution in [3.8, 4) is 0 Å². The number of aryl methyl sites for hydroxylation is 1. The summed E-state index contributed by atoms with van der Waals surface area (Å²) in [4.78, 5) is 23.1. The van der Waals surface area contributed by atoms with Gasteiger partial charge in [0.05, 0.1) is 16.3 Å². The van der Waals surface area contributed by atoms with E-state index < -0.39 is 5.97 Å². The number of amides is 1. The number of aromatic carboxylic acids is 1. The highest BCUT2D eigenvalue weighted by Crippen LogP contribution is 2.24. The van der Waals surface area contributed by atoms with Crippen LogP contribution < -0.4 is 5.32 Å². The maximum atomic E-state index is 12.2. The average molecular weight is 369 g/mol. The highest BCUT2D eigenvalue weighted by molar-refractivity contribution is 9.10. The largest absolute Gasteiger partial charge is 0.478 e. The molecule has 0 aliphatic rings. The van der Waals surface area contributed by atoms with E-state index in [4.69, 9.17) is 16.7 Å². The Morgan fingerprint density at radius 3 is 2.43 bits per heavy atom. The lowest BCUT2D eigenvalue weighted by Crippen LogP contribution is -2.13. The predicted octanol–water partition coefficient (Wildman–Crippen LogP) is 4.36. The molecule has 108 valence electrons. The van der Waals surface area contributed by atoms with Crippen LogP contribution in [0, 0.1) is 6.92 Å². The summed E-state index contributed by atoms with van der Waals surface area (Å²) in [5, 5.41) is 11.9. The molecule has 21 heavy (non-hydrogen) atoms. The number of benzene rings is 2. The van der Waals surface area contributed by atoms with Crippen molar-refractivity contribution in [2.75, 3.05) is 5.32 Å². The zero-order chi connectivity index (χ0) is 15.6. The Morgan fingerprint density at radius 2 is 1.81 bits per heavy atom. The van der Waals surface area contributed by atoms with Crippen LogP contribution in [-0.4, -0.2) is 17.0 Å². The number of carboxylic acid groups (broad SMARTS) is 1. The van der Waals surface area contributed by atoms with E-state index in [2.05, 4.69) is 21.2 Å². The van der Waals surface area contributed by atoms with Crippen LogP contribution in [0.3, 0.4) is 0 Å². The second-order valence-corrected chi connectivity index (χ2v) is 5.68. The number of carbonyl (C=O) groups excluding carboxylic acids is 1. The van der Waals surface area contributed by atoms with E-state index >= 15 is 0 Å². The topological polar surface area (TPSA) is 66.4 Å². The molecule has 1 amide bonds. The van der Waals surface area contributed by atoms with Gasteiger partial charge in [0.25, 0.3) is 5.91 Å². The van der Waals surface area contributed by atoms with Gasteiger partial charge in [-0.1, -0.05) is 27.5 Å². The second kappa shape index (κ2) is 6.28. The Hall–Kier alpha value is -1.85. The van der Waals surface area contributed by atoms with Crippen LogP contribution in [0.5, 0.6) is 0 Å². The molecule has 0 heterocycles. The third kappa shape index (κ3) is 3.62. The van der Waals surface area contributed by atoms with Gasteiger partial charge in [0.1, 0.15) is 0 Å². The molecule has 6 heteroatoms. The monoisotopic (exact) mass is 367 g/mol. The zero-order valence-electron chi connectivity index (χ0n) is 11.0. The van der Waals surface area contributed by atoms with E-state index in [1.165, 1.54) is 18.2 Å². The lowest BCUT2D eigenvalue weighted by molar-refractivity contribution is 0.0696. The van der Waals surface area contributed by atoms with Crippen molar-refractivity contribution in [2.45, 2.75) is 6.92 Å². The fourth-order valence-corrected chi connectivity index (χ4v) is 2.15. The van der Waals surface area contributed by atoms with Crippen LogP contribution in [0.15, 0.2) is 40.9 Å². The summed E-state index contributed by atoms with van der Waals surface area (Å²) in [7, 11) is 0. The first kappa shape index (κ1) is 15.5. The molecule has 0 saturated carbocycles. The normalized spacial score (nSPS) is 10.2. The Kier molecular flexibility index (Phi) is 4.65. The number of carboxylic acids is 1. The summed E-state index contributed by atoms with van der Waals surface area (Å²) in [5.41, 5.74) is 1.71. The van der Waals surface area contributed by atoms with Gasteiger partial charge >= 0.3 is 5.97 Å². The summed E-state index contributed by atoms with van der Waals surface area (Å²) in [6.45, 7) is 1.87. The van der Waals surface area contributed by atoms with Crippen molar-refractivity contribution < 1.29 is 14.7 Å². The van der Waals surface area contributed by atoms with Gasteiger partial charge in [0.2, 0.25) is 0 Å². The molecule has 2 aromatic rings. The molecule has 0 atom stereocenters. The maximum absolute atomic E-state index is 12.2. The number of carbonyl (C=O) groups is 2. The molecule has 0 saturated heterocycles. The highest BCUT2D eigenvalue weighted by atomic mass is 79.9. The van der Waals surface area contributed by atoms with E-state index in [1.807, 2.05) is 6.92 Å². The summed E-state index contributed by atoms with van der Waals surface area (Å²) in [6, 6.07) is 9.32. The van der Waals surface area contributed by atoms with E-state index in [-0.39, 0.29) is 22.2 Å². The van der Waals surface area contributed by atoms with Crippen LogP contribution in [0.1, 0.15) is 26.3 Å². The van der Waals surface area contributed by atoms with Gasteiger partial charge in [-0.3, -0.25) is 4.79 Å². The summed E-state index contributed by atoms with van der Waals surface area (Å²) >= 11 is 9.34. The molecule has 0 spiro atoms. The molecule has 4 nitrogen and oxygen atoms in total. The molecule has 0 aromatic heterocycles. The number of hydrogen-bond acceptors (Lipinski definition) is 2. The van der Waals surface area contributed by atoms with Gasteiger partial charge < -0.3 is 10.4 Å². The number of halogens is 2. The first-order valence-corrected chi connectivity index (χ1v) is 7.16. The Labute approximate surface area is 134 Å². The molecule has 0 radical (unpaired) electrons. The van der Waals surface area contributed by atoms with Crippen molar-refractivity contribution >= 4 is 45.1 Å². The Morgan fingerprint density at radius 1 is 1.14 bits per heavy atom. The van der Waals surface area contributed by atoms with Crippen molar-refractivity contribution in [1.82, 2.24) is 0 Å². The average Bonchev–Trinajstić information content (AvgIpc) is 2.43. The molecule has 0 aliphatic heterocycles. The van der Waals surface area contributed by atoms with Gasteiger partial charge in [-0.2, -0.15) is 0 Å². The molecule has 2 aromatic carbocycles. The molecule has 0 fully saturated rings. The lowest BCUT2D eigenvalue weighted by atomic mass is 10.1. The van der Waals surface area contributed by atoms with Gasteiger partial charge in [0.15, 0.2) is 0 Å². The van der Waals surface area contributed by atoms with Crippen LogP contribution in [0.25, 0.3) is 0 Å². The third-order valence-electron chi connectivity index (χ3n) is 2.88. The van der Waals surface area contributed by atoms with Crippen molar-refractivity contribution in [3.63, 3.8) is 0 Å². The van der Waals surface area contributed by atoms with Gasteiger partial charge in [-0.25, -0.2) is 4.79 Å². The molecular weight excluding hydrogens is 358 g/mol. The summed E-state index contributed by atoms with van der Waals surface area (Å²) in [5.74, 6) is -1.43. The number of anilines is 1. The highest BCUT2D eigenvalue weighted by Gasteiger charge is 2.12. The molecule has 0 unspecified atom stereocenters. The minimum absolute atomic E-state index is 0.0571. The van der Waals surface area contributed by atoms with E-state index in [0.29, 0.717) is 5.56 Å². The molecule has 0 bridgehead atoms. The first-order valence-electron chi connectivity index (χ1n) is 5.99. The van der Waals surface area contributed by atoms with Crippen LogP contribution >= 0.6 is 27.5 Å². The van der Waals surface area contributed by atoms with Crippen LogP contribution in [0.2, 0.25) is 5.02 Å². The fourth-order valence-electron chi connectivity index (χ4n) is 1.73. The standard InChI is InChI=1S/C15H11BrClNO3/c1-8-6-9(2-4-11(8)16)14(19)18-13-7-10(15(20)21)3-5-12(13)17/h2-7H,1H3,(H,18,19)(H,20,21). The van der Waals surface area contributed by atoms with E-state index in [0.717, 1.165) is 10.0 Å². The second-order valence-electron chi connectivity index (χ2n) is 4.42. The zero-order valence-corrected chi connectivity index (χ0v) is 13.3. The van der Waals surface area contributed by atoms with Crippen LogP contribution in [0.4, 0.5) is 5.69 Å². The Balaban J connectivity index is 2.28. The van der Waals surface area contributed by atoms with Crippen molar-refractivity contribution in [3.05, 3.63) is 62.6 Å². The van der Waals surface area contributed by atoms with Gasteiger partial charge in [-0.05, 0) is 48.9 Å². The predicted molar refractivity (Wildman–Crippen MR) is 85.2 cm³/mol. The maximum Gasteiger partial charge on any atom is 0.335 e. The minimum atomic E-state index is -1.08. The number of nitrogens with one attached hydrogen (secondary N) is 1. The quantitative estimate of drug-likeness (QED) is 0.846. The van der Waals surface area contributed by atoms with Gasteiger partial charge in [0, 0.05) is 10.0 Å². The third-order valence-corrected chi connectivity index (χ3v) is 4.10. The van der Waals surface area contributed by atoms with E-state index in [1.54, 1.807) is 18.2 Å². The van der Waals surface area contributed by atoms with Crippen molar-refractivity contribution in [1.29, 1.82) is 0 Å². The molecule has 0 aliphatic carbocycles. The number of rotatable bonds is 3. The molecule has 2 rings (SSSR count). The molecular formula is C15H11BrClNO3. The number of hydrogen-bond donors (Lipinski definition) is 2. The summed E-state index contributed by atoms with van der Waals surface area (Å²) < 4.78 is 0.907. The lowest BCUT2D eigenvalue weighted by Gasteiger charge is -2.09. The first-order chi connectivity index (χ1) is 9.88.